The summed E-state index contributed by atoms with van der Waals surface area (Å²) < 4.78 is 33.5. The second-order valence-electron chi connectivity index (χ2n) is 23.3. The molecule has 3 aromatic rings. The Morgan fingerprint density at radius 3 is 1.40 bits per heavy atom. The van der Waals surface area contributed by atoms with Gasteiger partial charge in [-0.1, -0.05) is 182 Å². The first-order valence-electron chi connectivity index (χ1n) is 31.1. The van der Waals surface area contributed by atoms with Gasteiger partial charge in [0.15, 0.2) is 0 Å². The van der Waals surface area contributed by atoms with Gasteiger partial charge in [-0.2, -0.15) is 0 Å². The SMILES string of the molecule is C1CC2C3CCC(C3)C2C1.C=C(C)C(=O)OCCCCCCCCCCCC.C=CC(=O)OC1CC2CC1C1CCCC21.C=CC(=O)OCC.C=CC(=O)OCC.Cc1cc(C)c(C(=O)P(=O)(c2ccccc2)c2ccccc2)c(C)c1. The lowest BCUT2D eigenvalue weighted by atomic mass is 9.80. The minimum absolute atomic E-state index is 0.208. The minimum Gasteiger partial charge on any atom is -0.463 e. The van der Waals surface area contributed by atoms with Gasteiger partial charge in [0, 0.05) is 40.0 Å². The van der Waals surface area contributed by atoms with E-state index in [0.717, 1.165) is 59.4 Å². The maximum atomic E-state index is 14.2. The fraction of sp³-hybridized carbons (Fsp3) is 0.563. The third-order valence-electron chi connectivity index (χ3n) is 17.6. The number of fused-ring (bicyclic) bond motifs is 10. The molecular weight excluding hydrogens is 1040 g/mol. The van der Waals surface area contributed by atoms with Crippen LogP contribution in [0.1, 0.15) is 190 Å². The summed E-state index contributed by atoms with van der Waals surface area (Å²) in [7, 11) is -3.44. The van der Waals surface area contributed by atoms with Crippen LogP contribution in [0, 0.1) is 68.1 Å². The standard InChI is InChI=1S/C22H21O2P.C16H30O2.C13H18O2.C10H16.2C5H8O2/c1-16-14-17(2)21(18(3)15-16)22(23)25(24,19-10-6-4-7-11-19)20-12-8-5-9-13-20;1-4-5-6-7-8-9-10-11-12-13-14-18-16(17)15(2)3;1-2-13(14)15-12-7-8-6-11(12)10-5-3-4-9(8)10;1-2-9-7-4-5-8(6-7)10(9)3-1;2*1-3-5(6)7-4-2/h4-15H,1-3H3;2,4-14H2,1,3H3;2,8-12H,1,3-7H2;7-10H,1-6H2;2*3H,1,4H2,2H3. The molecule has 6 aliphatic rings. The van der Waals surface area contributed by atoms with Crippen molar-refractivity contribution < 1.29 is 47.5 Å². The molecule has 11 heteroatoms. The summed E-state index contributed by atoms with van der Waals surface area (Å²) in [5.41, 5.74) is 3.61. The monoisotopic (exact) mass is 1140 g/mol. The predicted octanol–water partition coefficient (Wildman–Crippen LogP) is 16.6. The summed E-state index contributed by atoms with van der Waals surface area (Å²) in [5.74, 6) is 6.95. The Hall–Kier alpha value is -5.60. The molecule has 0 spiro atoms. The zero-order valence-corrected chi connectivity index (χ0v) is 52.1. The van der Waals surface area contributed by atoms with Crippen molar-refractivity contribution >= 4 is 47.2 Å². The van der Waals surface area contributed by atoms with Gasteiger partial charge in [0.2, 0.25) is 12.7 Å². The third kappa shape index (κ3) is 20.9. The number of rotatable bonds is 22. The topological polar surface area (TPSA) is 139 Å². The van der Waals surface area contributed by atoms with Crippen molar-refractivity contribution in [1.82, 2.24) is 0 Å². The molecule has 9 unspecified atom stereocenters. The lowest BCUT2D eigenvalue weighted by Crippen LogP contribution is -2.31. The Kier molecular flexibility index (Phi) is 31.0. The van der Waals surface area contributed by atoms with Gasteiger partial charge >= 0.3 is 23.9 Å². The van der Waals surface area contributed by atoms with Crippen molar-refractivity contribution in [3.63, 3.8) is 0 Å². The zero-order valence-electron chi connectivity index (χ0n) is 51.2. The molecule has 4 bridgehead atoms. The molecule has 0 radical (unpaired) electrons. The molecule has 0 amide bonds. The van der Waals surface area contributed by atoms with E-state index in [1.165, 1.54) is 113 Å². The first kappa shape index (κ1) is 68.9. The summed E-state index contributed by atoms with van der Waals surface area (Å²) in [4.78, 5) is 56.0. The predicted molar refractivity (Wildman–Crippen MR) is 335 cm³/mol. The largest absolute Gasteiger partial charge is 0.463 e. The van der Waals surface area contributed by atoms with Crippen LogP contribution >= 0.6 is 7.14 Å². The highest BCUT2D eigenvalue weighted by Gasteiger charge is 2.55. The van der Waals surface area contributed by atoms with Crippen molar-refractivity contribution in [1.29, 1.82) is 0 Å². The van der Waals surface area contributed by atoms with Crippen LogP contribution in [0.25, 0.3) is 0 Å². The van der Waals surface area contributed by atoms with Gasteiger partial charge in [-0.25, -0.2) is 19.2 Å². The van der Waals surface area contributed by atoms with E-state index in [9.17, 15) is 28.5 Å². The molecule has 3 aromatic carbocycles. The van der Waals surface area contributed by atoms with Crippen LogP contribution < -0.4 is 10.6 Å². The van der Waals surface area contributed by atoms with Gasteiger partial charge in [-0.15, -0.1) is 0 Å². The van der Waals surface area contributed by atoms with E-state index in [-0.39, 0.29) is 35.5 Å². The fourth-order valence-corrected chi connectivity index (χ4v) is 16.6. The highest BCUT2D eigenvalue weighted by atomic mass is 31.2. The van der Waals surface area contributed by atoms with E-state index in [4.69, 9.17) is 9.47 Å². The summed E-state index contributed by atoms with van der Waals surface area (Å²) >= 11 is 0. The number of unbranched alkanes of at least 4 members (excludes halogenated alkanes) is 9. The molecule has 6 fully saturated rings. The van der Waals surface area contributed by atoms with Crippen molar-refractivity contribution in [2.45, 2.75) is 189 Å². The second-order valence-corrected chi connectivity index (χ2v) is 26.0. The molecule has 10 nitrogen and oxygen atoms in total. The molecule has 450 valence electrons. The van der Waals surface area contributed by atoms with E-state index < -0.39 is 7.14 Å². The molecule has 6 aliphatic carbocycles. The van der Waals surface area contributed by atoms with Crippen LogP contribution in [0.15, 0.2) is 123 Å². The van der Waals surface area contributed by atoms with Crippen LogP contribution in [-0.4, -0.2) is 55.3 Å². The van der Waals surface area contributed by atoms with Crippen LogP contribution in [0.2, 0.25) is 0 Å². The van der Waals surface area contributed by atoms with Crippen LogP contribution in [0.4, 0.5) is 0 Å². The molecule has 0 aromatic heterocycles. The van der Waals surface area contributed by atoms with Crippen LogP contribution in [0.5, 0.6) is 0 Å². The number of ether oxygens (including phenoxy) is 4. The van der Waals surface area contributed by atoms with Crippen molar-refractivity contribution in [3.05, 3.63) is 145 Å². The van der Waals surface area contributed by atoms with Crippen LogP contribution in [-0.2, 0) is 42.7 Å². The number of aryl methyl sites for hydroxylation is 3. The number of esters is 4. The Labute approximate surface area is 494 Å². The quantitative estimate of drug-likeness (QED) is 0.0314. The smallest absolute Gasteiger partial charge is 0.333 e. The molecular formula is C71H101O10P. The maximum absolute atomic E-state index is 14.2. The van der Waals surface area contributed by atoms with Gasteiger partial charge in [-0.3, -0.25) is 4.79 Å². The first-order valence-corrected chi connectivity index (χ1v) is 32.8. The summed E-state index contributed by atoms with van der Waals surface area (Å²) in [6.07, 6.45) is 32.9. The molecule has 9 rings (SSSR count). The fourth-order valence-electron chi connectivity index (χ4n) is 14.0. The van der Waals surface area contributed by atoms with Gasteiger partial charge in [0.1, 0.15) is 6.10 Å². The molecule has 0 heterocycles. The van der Waals surface area contributed by atoms with Gasteiger partial charge < -0.3 is 23.5 Å². The number of carbonyl (C=O) groups excluding carboxylic acids is 5. The van der Waals surface area contributed by atoms with E-state index in [1.807, 2.05) is 69.3 Å². The number of carbonyl (C=O) groups is 5. The lowest BCUT2D eigenvalue weighted by molar-refractivity contribution is -0.147. The Bertz CT molecular complexity index is 2450. The number of benzene rings is 3. The van der Waals surface area contributed by atoms with Gasteiger partial charge in [0.25, 0.3) is 0 Å². The van der Waals surface area contributed by atoms with Gasteiger partial charge in [0.05, 0.1) is 19.8 Å². The summed E-state index contributed by atoms with van der Waals surface area (Å²) in [6.45, 7) is 28.1. The normalized spacial score (nSPS) is 22.5. The number of hydrogen-bond acceptors (Lipinski definition) is 10. The molecule has 6 saturated carbocycles. The highest BCUT2D eigenvalue weighted by molar-refractivity contribution is 7.93. The second kappa shape index (κ2) is 36.9. The third-order valence-corrected chi connectivity index (χ3v) is 20.4. The zero-order chi connectivity index (χ0) is 60.0. The average Bonchev–Trinajstić information content (AvgIpc) is 2.85. The summed E-state index contributed by atoms with van der Waals surface area (Å²) in [6, 6.07) is 22.1. The minimum atomic E-state index is -3.44. The Morgan fingerprint density at radius 2 is 0.976 bits per heavy atom. The van der Waals surface area contributed by atoms with E-state index in [2.05, 4.69) is 42.7 Å². The molecule has 0 N–H and O–H groups in total. The van der Waals surface area contributed by atoms with Gasteiger partial charge in [-0.05, 0) is 164 Å². The Balaban J connectivity index is 0.000000224. The first-order chi connectivity index (χ1) is 39.5. The van der Waals surface area contributed by atoms with Crippen molar-refractivity contribution in [2.75, 3.05) is 19.8 Å². The van der Waals surface area contributed by atoms with Crippen LogP contribution in [0.3, 0.4) is 0 Å². The molecule has 82 heavy (non-hydrogen) atoms. The highest BCUT2D eigenvalue weighted by Crippen LogP contribution is 2.60. The van der Waals surface area contributed by atoms with Crippen molar-refractivity contribution in [3.8, 4) is 0 Å². The van der Waals surface area contributed by atoms with E-state index in [1.54, 1.807) is 83.6 Å². The van der Waals surface area contributed by atoms with Crippen molar-refractivity contribution in [2.24, 2.45) is 47.3 Å². The maximum Gasteiger partial charge on any atom is 0.333 e. The molecule has 0 aliphatic heterocycles. The molecule has 0 saturated heterocycles. The Morgan fingerprint density at radius 1 is 0.537 bits per heavy atom. The van der Waals surface area contributed by atoms with E-state index >= 15 is 0 Å². The summed E-state index contributed by atoms with van der Waals surface area (Å²) in [5, 5.41) is 1.15. The number of hydrogen-bond donors (Lipinski definition) is 0. The lowest BCUT2D eigenvalue weighted by Gasteiger charge is -2.30. The molecule has 9 atom stereocenters. The average molecular weight is 1150 g/mol. The van der Waals surface area contributed by atoms with E-state index in [0.29, 0.717) is 47.5 Å².